The Morgan fingerprint density at radius 1 is 1.26 bits per heavy atom. The van der Waals surface area contributed by atoms with Gasteiger partial charge in [0.15, 0.2) is 0 Å². The molecule has 2 heterocycles. The molecular formula is C15H12N6O2. The van der Waals surface area contributed by atoms with Gasteiger partial charge in [0.05, 0.1) is 12.4 Å². The monoisotopic (exact) mass is 308 g/mol. The van der Waals surface area contributed by atoms with E-state index in [1.165, 1.54) is 12.4 Å². The number of carbonyl (C=O) groups is 1. The van der Waals surface area contributed by atoms with Gasteiger partial charge in [0.2, 0.25) is 17.6 Å². The van der Waals surface area contributed by atoms with Crippen molar-refractivity contribution in [2.24, 2.45) is 5.10 Å². The van der Waals surface area contributed by atoms with Crippen molar-refractivity contribution in [3.63, 3.8) is 0 Å². The number of benzene rings is 1. The molecule has 1 N–H and O–H groups in total. The molecular weight excluding hydrogens is 296 g/mol. The molecule has 0 aliphatic carbocycles. The van der Waals surface area contributed by atoms with E-state index in [-0.39, 0.29) is 24.0 Å². The molecule has 3 aromatic rings. The first kappa shape index (κ1) is 14.5. The van der Waals surface area contributed by atoms with Crippen LogP contribution in [0.1, 0.15) is 11.5 Å². The van der Waals surface area contributed by atoms with Crippen LogP contribution < -0.4 is 5.43 Å². The predicted octanol–water partition coefficient (Wildman–Crippen LogP) is 1.22. The molecule has 3 rings (SSSR count). The highest BCUT2D eigenvalue weighted by Crippen LogP contribution is 2.10. The smallest absolute Gasteiger partial charge is 0.249 e. The van der Waals surface area contributed by atoms with Gasteiger partial charge in [0.25, 0.3) is 0 Å². The largest absolute Gasteiger partial charge is 0.338 e. The van der Waals surface area contributed by atoms with Crippen molar-refractivity contribution in [3.05, 3.63) is 60.4 Å². The van der Waals surface area contributed by atoms with Gasteiger partial charge in [-0.1, -0.05) is 35.5 Å². The molecule has 8 heteroatoms. The molecule has 0 aliphatic heterocycles. The molecule has 0 atom stereocenters. The van der Waals surface area contributed by atoms with E-state index in [1.54, 1.807) is 12.4 Å². The third-order valence-electron chi connectivity index (χ3n) is 2.77. The molecule has 2 aromatic heterocycles. The van der Waals surface area contributed by atoms with E-state index in [0.29, 0.717) is 5.69 Å². The van der Waals surface area contributed by atoms with E-state index in [4.69, 9.17) is 4.52 Å². The fourth-order valence-corrected chi connectivity index (χ4v) is 1.74. The Hall–Kier alpha value is -3.42. The Labute approximate surface area is 131 Å². The summed E-state index contributed by atoms with van der Waals surface area (Å²) in [6.45, 7) is 0. The van der Waals surface area contributed by atoms with Gasteiger partial charge in [-0.15, -0.1) is 0 Å². The van der Waals surface area contributed by atoms with Crippen LogP contribution in [0, 0.1) is 0 Å². The summed E-state index contributed by atoms with van der Waals surface area (Å²) in [5.74, 6) is 0.110. The van der Waals surface area contributed by atoms with Gasteiger partial charge in [0.1, 0.15) is 12.1 Å². The van der Waals surface area contributed by atoms with Crippen LogP contribution in [0.3, 0.4) is 0 Å². The maximum absolute atomic E-state index is 11.8. The number of rotatable bonds is 5. The lowest BCUT2D eigenvalue weighted by molar-refractivity contribution is -0.120. The second kappa shape index (κ2) is 7.03. The highest BCUT2D eigenvalue weighted by atomic mass is 16.5. The summed E-state index contributed by atoms with van der Waals surface area (Å²) in [5.41, 5.74) is 3.77. The molecule has 0 bridgehead atoms. The minimum atomic E-state index is -0.355. The minimum absolute atomic E-state index is 0.0700. The van der Waals surface area contributed by atoms with Crippen molar-refractivity contribution >= 4 is 12.1 Å². The van der Waals surface area contributed by atoms with E-state index in [9.17, 15) is 4.79 Å². The van der Waals surface area contributed by atoms with Crippen molar-refractivity contribution in [1.29, 1.82) is 0 Å². The summed E-state index contributed by atoms with van der Waals surface area (Å²) in [6.07, 6.45) is 6.06. The molecule has 1 aromatic carbocycles. The Bertz CT molecular complexity index is 801. The van der Waals surface area contributed by atoms with E-state index < -0.39 is 0 Å². The Balaban J connectivity index is 1.56. The van der Waals surface area contributed by atoms with Gasteiger partial charge >= 0.3 is 0 Å². The van der Waals surface area contributed by atoms with Crippen molar-refractivity contribution in [2.45, 2.75) is 6.42 Å². The van der Waals surface area contributed by atoms with Crippen molar-refractivity contribution in [1.82, 2.24) is 25.5 Å². The third kappa shape index (κ3) is 4.03. The van der Waals surface area contributed by atoms with Crippen LogP contribution in [0.15, 0.2) is 58.5 Å². The number of aromatic nitrogens is 4. The van der Waals surface area contributed by atoms with Gasteiger partial charge in [-0.2, -0.15) is 10.1 Å². The van der Waals surface area contributed by atoms with Gasteiger partial charge in [-0.25, -0.2) is 10.4 Å². The van der Waals surface area contributed by atoms with Crippen LogP contribution in [-0.2, 0) is 11.2 Å². The fraction of sp³-hybridized carbons (Fsp3) is 0.0667. The number of nitrogens with zero attached hydrogens (tertiary/aromatic N) is 5. The molecule has 23 heavy (non-hydrogen) atoms. The first-order valence-corrected chi connectivity index (χ1v) is 6.77. The third-order valence-corrected chi connectivity index (χ3v) is 2.77. The van der Waals surface area contributed by atoms with Gasteiger partial charge < -0.3 is 4.52 Å². The molecule has 8 nitrogen and oxygen atoms in total. The fourth-order valence-electron chi connectivity index (χ4n) is 1.74. The molecule has 114 valence electrons. The number of hydrazone groups is 1. The van der Waals surface area contributed by atoms with Crippen molar-refractivity contribution in [3.8, 4) is 11.5 Å². The number of hydrogen-bond acceptors (Lipinski definition) is 7. The number of hydrogen-bond donors (Lipinski definition) is 1. The van der Waals surface area contributed by atoms with Crippen LogP contribution in [0.4, 0.5) is 0 Å². The van der Waals surface area contributed by atoms with E-state index in [0.717, 1.165) is 5.56 Å². The van der Waals surface area contributed by atoms with Crippen LogP contribution in [-0.4, -0.2) is 32.2 Å². The lowest BCUT2D eigenvalue weighted by Gasteiger charge is -1.95. The Morgan fingerprint density at radius 2 is 2.13 bits per heavy atom. The standard InChI is InChI=1S/C15H12N6O2/c22-13(20-18-9-11-4-2-1-3-5-11)8-14-19-15(21-23-14)12-10-16-6-7-17-12/h1-7,9-10H,8H2,(H,20,22)/b18-9-. The van der Waals surface area contributed by atoms with Crippen molar-refractivity contribution in [2.75, 3.05) is 0 Å². The molecule has 0 saturated heterocycles. The topological polar surface area (TPSA) is 106 Å². The van der Waals surface area contributed by atoms with E-state index in [2.05, 4.69) is 30.6 Å². The van der Waals surface area contributed by atoms with E-state index >= 15 is 0 Å². The average Bonchev–Trinajstić information content (AvgIpc) is 3.05. The first-order chi connectivity index (χ1) is 11.3. The molecule has 0 saturated carbocycles. The minimum Gasteiger partial charge on any atom is -0.338 e. The van der Waals surface area contributed by atoms with Crippen LogP contribution in [0.5, 0.6) is 0 Å². The molecule has 0 spiro atoms. The maximum atomic E-state index is 11.8. The lowest BCUT2D eigenvalue weighted by Crippen LogP contribution is -2.19. The second-order valence-corrected chi connectivity index (χ2v) is 4.48. The summed E-state index contributed by atoms with van der Waals surface area (Å²) < 4.78 is 5.01. The zero-order valence-electron chi connectivity index (χ0n) is 12.0. The Kier molecular flexibility index (Phi) is 4.44. The summed E-state index contributed by atoms with van der Waals surface area (Å²) in [5, 5.41) is 7.63. The van der Waals surface area contributed by atoms with Crippen LogP contribution in [0.2, 0.25) is 0 Å². The molecule has 1 amide bonds. The summed E-state index contributed by atoms with van der Waals surface area (Å²) >= 11 is 0. The Morgan fingerprint density at radius 3 is 2.91 bits per heavy atom. The zero-order chi connectivity index (χ0) is 15.9. The summed E-state index contributed by atoms with van der Waals surface area (Å²) in [6, 6.07) is 9.42. The molecule has 0 unspecified atom stereocenters. The SMILES string of the molecule is O=C(Cc1nc(-c2cnccn2)no1)N/N=C\c1ccccc1. The molecule has 0 aliphatic rings. The van der Waals surface area contributed by atoms with Gasteiger partial charge in [0, 0.05) is 12.4 Å². The van der Waals surface area contributed by atoms with E-state index in [1.807, 2.05) is 30.3 Å². The molecule has 0 radical (unpaired) electrons. The predicted molar refractivity (Wildman–Crippen MR) is 81.2 cm³/mol. The number of amides is 1. The number of carbonyl (C=O) groups excluding carboxylic acids is 1. The highest BCUT2D eigenvalue weighted by Gasteiger charge is 2.12. The average molecular weight is 308 g/mol. The van der Waals surface area contributed by atoms with Crippen LogP contribution in [0.25, 0.3) is 11.5 Å². The maximum Gasteiger partial charge on any atom is 0.249 e. The summed E-state index contributed by atoms with van der Waals surface area (Å²) in [4.78, 5) is 23.8. The molecule has 0 fully saturated rings. The van der Waals surface area contributed by atoms with Crippen molar-refractivity contribution < 1.29 is 9.32 Å². The summed E-state index contributed by atoms with van der Waals surface area (Å²) in [7, 11) is 0. The lowest BCUT2D eigenvalue weighted by atomic mass is 10.2. The highest BCUT2D eigenvalue weighted by molar-refractivity contribution is 5.82. The van der Waals surface area contributed by atoms with Crippen LogP contribution >= 0.6 is 0 Å². The normalized spacial score (nSPS) is 10.8. The van der Waals surface area contributed by atoms with Gasteiger partial charge in [-0.3, -0.25) is 9.78 Å². The second-order valence-electron chi connectivity index (χ2n) is 4.48. The zero-order valence-corrected chi connectivity index (χ0v) is 12.0. The first-order valence-electron chi connectivity index (χ1n) is 6.77. The van der Waals surface area contributed by atoms with Gasteiger partial charge in [-0.05, 0) is 5.56 Å². The quantitative estimate of drug-likeness (QED) is 0.561. The number of nitrogens with one attached hydrogen (secondary N) is 1.